The number of phenolic OH excluding ortho intramolecular Hbond substituents is 1. The normalized spacial score (nSPS) is 9.75. The van der Waals surface area contributed by atoms with Gasteiger partial charge in [0.1, 0.15) is 17.9 Å². The quantitative estimate of drug-likeness (QED) is 0.697. The Kier molecular flexibility index (Phi) is 2.80. The number of aromatic hydroxyl groups is 1. The van der Waals surface area contributed by atoms with Crippen molar-refractivity contribution in [2.75, 3.05) is 0 Å². The van der Waals surface area contributed by atoms with Gasteiger partial charge in [0.25, 0.3) is 0 Å². The summed E-state index contributed by atoms with van der Waals surface area (Å²) in [5.74, 6) is -0.355. The summed E-state index contributed by atoms with van der Waals surface area (Å²) in [6.45, 7) is 0. The van der Waals surface area contributed by atoms with Crippen molar-refractivity contribution < 1.29 is 14.3 Å². The lowest BCUT2D eigenvalue weighted by atomic mass is 10.1. The third-order valence-corrected chi connectivity index (χ3v) is 1.57. The van der Waals surface area contributed by atoms with Crippen LogP contribution < -0.4 is 0 Å². The van der Waals surface area contributed by atoms with Crippen LogP contribution in [0.25, 0.3) is 0 Å². The van der Waals surface area contributed by atoms with Crippen LogP contribution in [0.15, 0.2) is 18.2 Å². The first kappa shape index (κ1) is 8.71. The molecule has 1 aromatic carbocycles. The van der Waals surface area contributed by atoms with E-state index in [1.54, 1.807) is 0 Å². The van der Waals surface area contributed by atoms with Crippen molar-refractivity contribution in [2.24, 2.45) is 0 Å². The second kappa shape index (κ2) is 3.85. The van der Waals surface area contributed by atoms with Crippen molar-refractivity contribution in [2.45, 2.75) is 12.8 Å². The largest absolute Gasteiger partial charge is 0.508 e. The summed E-state index contributed by atoms with van der Waals surface area (Å²) in [7, 11) is 0. The fourth-order valence-corrected chi connectivity index (χ4v) is 0.969. The molecule has 3 heteroatoms. The summed E-state index contributed by atoms with van der Waals surface area (Å²) in [5.41, 5.74) is 0.474. The molecule has 0 unspecified atom stereocenters. The Bertz CT molecular complexity index is 284. The van der Waals surface area contributed by atoms with Crippen molar-refractivity contribution in [1.82, 2.24) is 0 Å². The van der Waals surface area contributed by atoms with E-state index in [2.05, 4.69) is 0 Å². The minimum atomic E-state index is -0.395. The minimum Gasteiger partial charge on any atom is -0.508 e. The fourth-order valence-electron chi connectivity index (χ4n) is 0.969. The number of aryl methyl sites for hydroxylation is 1. The zero-order chi connectivity index (χ0) is 8.97. The van der Waals surface area contributed by atoms with Gasteiger partial charge in [-0.15, -0.1) is 0 Å². The van der Waals surface area contributed by atoms with Crippen molar-refractivity contribution in [3.8, 4) is 5.75 Å². The van der Waals surface area contributed by atoms with Gasteiger partial charge in [-0.3, -0.25) is 0 Å². The second-order valence-electron chi connectivity index (χ2n) is 2.48. The molecular weight excluding hydrogens is 159 g/mol. The predicted molar refractivity (Wildman–Crippen MR) is 42.4 cm³/mol. The molecule has 0 aliphatic rings. The van der Waals surface area contributed by atoms with E-state index in [-0.39, 0.29) is 5.75 Å². The molecule has 0 aliphatic heterocycles. The number of benzene rings is 1. The van der Waals surface area contributed by atoms with E-state index >= 15 is 0 Å². The van der Waals surface area contributed by atoms with Gasteiger partial charge in [-0.2, -0.15) is 0 Å². The molecule has 0 fully saturated rings. The maximum Gasteiger partial charge on any atom is 0.123 e. The lowest BCUT2D eigenvalue weighted by Crippen LogP contribution is -1.88. The standard InChI is InChI=1S/C9H9FO2/c10-8-3-4-9(12)7(6-8)2-1-5-11/h3-6,12H,1-2H2. The molecule has 0 atom stereocenters. The van der Waals surface area contributed by atoms with E-state index in [0.717, 1.165) is 6.29 Å². The van der Waals surface area contributed by atoms with E-state index in [1.165, 1.54) is 18.2 Å². The summed E-state index contributed by atoms with van der Waals surface area (Å²) >= 11 is 0. The molecule has 0 amide bonds. The molecule has 1 aromatic rings. The zero-order valence-corrected chi connectivity index (χ0v) is 6.46. The minimum absolute atomic E-state index is 0.0400. The first-order valence-corrected chi connectivity index (χ1v) is 3.65. The zero-order valence-electron chi connectivity index (χ0n) is 6.46. The molecule has 2 nitrogen and oxygen atoms in total. The van der Waals surface area contributed by atoms with Crippen molar-refractivity contribution in [3.05, 3.63) is 29.6 Å². The van der Waals surface area contributed by atoms with Crippen LogP contribution in [-0.4, -0.2) is 11.4 Å². The van der Waals surface area contributed by atoms with Gasteiger partial charge < -0.3 is 9.90 Å². The van der Waals surface area contributed by atoms with Crippen LogP contribution in [0.2, 0.25) is 0 Å². The first-order valence-electron chi connectivity index (χ1n) is 3.65. The van der Waals surface area contributed by atoms with E-state index in [0.29, 0.717) is 18.4 Å². The summed E-state index contributed by atoms with van der Waals surface area (Å²) in [6, 6.07) is 3.70. The summed E-state index contributed by atoms with van der Waals surface area (Å²) in [5, 5.41) is 9.18. The number of aldehydes is 1. The van der Waals surface area contributed by atoms with Crippen LogP contribution in [0, 0.1) is 5.82 Å². The number of hydrogen-bond acceptors (Lipinski definition) is 2. The number of carbonyl (C=O) groups is 1. The highest BCUT2D eigenvalue weighted by molar-refractivity contribution is 5.50. The number of rotatable bonds is 3. The summed E-state index contributed by atoms with van der Waals surface area (Å²) in [4.78, 5) is 10.00. The van der Waals surface area contributed by atoms with Gasteiger partial charge >= 0.3 is 0 Å². The van der Waals surface area contributed by atoms with Gasteiger partial charge in [0.2, 0.25) is 0 Å². The Morgan fingerprint density at radius 2 is 2.25 bits per heavy atom. The molecule has 0 heterocycles. The Labute approximate surface area is 69.6 Å². The molecule has 0 saturated heterocycles. The number of halogens is 1. The van der Waals surface area contributed by atoms with Gasteiger partial charge in [0.15, 0.2) is 0 Å². The number of hydrogen-bond donors (Lipinski definition) is 1. The van der Waals surface area contributed by atoms with E-state index < -0.39 is 5.82 Å². The Hall–Kier alpha value is -1.38. The molecule has 1 rings (SSSR count). The molecular formula is C9H9FO2. The maximum absolute atomic E-state index is 12.6. The van der Waals surface area contributed by atoms with Crippen LogP contribution in [0.5, 0.6) is 5.75 Å². The van der Waals surface area contributed by atoms with Crippen LogP contribution >= 0.6 is 0 Å². The highest BCUT2D eigenvalue weighted by Crippen LogP contribution is 2.18. The van der Waals surface area contributed by atoms with Crippen molar-refractivity contribution >= 4 is 6.29 Å². The van der Waals surface area contributed by atoms with E-state index in [9.17, 15) is 14.3 Å². The van der Waals surface area contributed by atoms with Gasteiger partial charge in [-0.05, 0) is 30.2 Å². The van der Waals surface area contributed by atoms with Gasteiger partial charge in [0, 0.05) is 6.42 Å². The molecule has 64 valence electrons. The molecule has 12 heavy (non-hydrogen) atoms. The molecule has 0 saturated carbocycles. The topological polar surface area (TPSA) is 37.3 Å². The Morgan fingerprint density at radius 3 is 2.92 bits per heavy atom. The monoisotopic (exact) mass is 168 g/mol. The van der Waals surface area contributed by atoms with Gasteiger partial charge in [-0.1, -0.05) is 0 Å². The van der Waals surface area contributed by atoms with Crippen molar-refractivity contribution in [1.29, 1.82) is 0 Å². The first-order chi connectivity index (χ1) is 5.74. The van der Waals surface area contributed by atoms with E-state index in [1.807, 2.05) is 0 Å². The highest BCUT2D eigenvalue weighted by Gasteiger charge is 2.01. The Morgan fingerprint density at radius 1 is 1.50 bits per heavy atom. The second-order valence-corrected chi connectivity index (χ2v) is 2.48. The van der Waals surface area contributed by atoms with Gasteiger partial charge in [-0.25, -0.2) is 4.39 Å². The number of carbonyl (C=O) groups excluding carboxylic acids is 1. The van der Waals surface area contributed by atoms with Crippen LogP contribution in [0.3, 0.4) is 0 Å². The average molecular weight is 168 g/mol. The summed E-state index contributed by atoms with van der Waals surface area (Å²) < 4.78 is 12.6. The van der Waals surface area contributed by atoms with E-state index in [4.69, 9.17) is 0 Å². The summed E-state index contributed by atoms with van der Waals surface area (Å²) in [6.07, 6.45) is 1.43. The molecule has 0 aliphatic carbocycles. The van der Waals surface area contributed by atoms with Crippen LogP contribution in [-0.2, 0) is 11.2 Å². The molecule has 0 spiro atoms. The highest BCUT2D eigenvalue weighted by atomic mass is 19.1. The molecule has 0 bridgehead atoms. The molecule has 0 aromatic heterocycles. The third-order valence-electron chi connectivity index (χ3n) is 1.57. The van der Waals surface area contributed by atoms with Crippen molar-refractivity contribution in [3.63, 3.8) is 0 Å². The maximum atomic E-state index is 12.6. The fraction of sp³-hybridized carbons (Fsp3) is 0.222. The predicted octanol–water partition coefficient (Wildman–Crippen LogP) is 1.66. The lowest BCUT2D eigenvalue weighted by Gasteiger charge is -2.00. The number of phenols is 1. The van der Waals surface area contributed by atoms with Crippen LogP contribution in [0.4, 0.5) is 4.39 Å². The SMILES string of the molecule is O=CCCc1cc(F)ccc1O. The smallest absolute Gasteiger partial charge is 0.123 e. The lowest BCUT2D eigenvalue weighted by molar-refractivity contribution is -0.107. The third kappa shape index (κ3) is 2.05. The molecule has 0 radical (unpaired) electrons. The van der Waals surface area contributed by atoms with Gasteiger partial charge in [0.05, 0.1) is 0 Å². The van der Waals surface area contributed by atoms with Crippen LogP contribution in [0.1, 0.15) is 12.0 Å². The molecule has 1 N–H and O–H groups in total. The average Bonchev–Trinajstić information content (AvgIpc) is 2.07. The Balaban J connectivity index is 2.82.